The summed E-state index contributed by atoms with van der Waals surface area (Å²) in [5, 5.41) is 12.7. The number of aliphatic imine (C=N–C) groups is 1. The topological polar surface area (TPSA) is 73.9 Å². The molecule has 6 heteroatoms. The number of rotatable bonds is 5. The van der Waals surface area contributed by atoms with Crippen molar-refractivity contribution in [2.45, 2.75) is 39.0 Å². The fourth-order valence-corrected chi connectivity index (χ4v) is 3.09. The summed E-state index contributed by atoms with van der Waals surface area (Å²) in [6.07, 6.45) is 1.63. The number of anilines is 1. The van der Waals surface area contributed by atoms with Crippen molar-refractivity contribution >= 4 is 35.6 Å². The van der Waals surface area contributed by atoms with Gasteiger partial charge in [0.25, 0.3) is 0 Å². The molecule has 0 bridgehead atoms. The first-order chi connectivity index (χ1) is 12.6. The van der Waals surface area contributed by atoms with Gasteiger partial charge in [-0.15, -0.1) is 24.0 Å². The Morgan fingerprint density at radius 2 is 1.67 bits per heavy atom. The van der Waals surface area contributed by atoms with Crippen LogP contribution in [0.1, 0.15) is 29.5 Å². The zero-order chi connectivity index (χ0) is 18.4. The quantitative estimate of drug-likeness (QED) is 0.348. The molecule has 1 aliphatic heterocycles. The van der Waals surface area contributed by atoms with Crippen LogP contribution >= 0.6 is 24.0 Å². The molecular weight excluding hydrogens is 451 g/mol. The van der Waals surface area contributed by atoms with E-state index in [2.05, 4.69) is 46.4 Å². The molecule has 0 spiro atoms. The van der Waals surface area contributed by atoms with Gasteiger partial charge in [-0.2, -0.15) is 0 Å². The number of halogens is 1. The van der Waals surface area contributed by atoms with Crippen molar-refractivity contribution in [3.63, 3.8) is 0 Å². The van der Waals surface area contributed by atoms with Crippen LogP contribution in [0.15, 0.2) is 53.5 Å². The predicted molar refractivity (Wildman–Crippen MR) is 123 cm³/mol. The van der Waals surface area contributed by atoms with E-state index in [0.29, 0.717) is 12.5 Å². The van der Waals surface area contributed by atoms with E-state index in [1.807, 2.05) is 24.3 Å². The maximum absolute atomic E-state index is 9.58. The Balaban J connectivity index is 0.00000261. The van der Waals surface area contributed by atoms with Crippen LogP contribution in [-0.2, 0) is 13.1 Å². The van der Waals surface area contributed by atoms with E-state index in [4.69, 9.17) is 5.73 Å². The fraction of sp³-hybridized carbons (Fsp3) is 0.381. The number of aliphatic hydroxyl groups is 1. The lowest BCUT2D eigenvalue weighted by Gasteiger charge is -2.29. The molecule has 1 aliphatic rings. The minimum absolute atomic E-state index is 0. The Kier molecular flexibility index (Phi) is 8.53. The monoisotopic (exact) mass is 480 g/mol. The van der Waals surface area contributed by atoms with E-state index in [1.54, 1.807) is 0 Å². The summed E-state index contributed by atoms with van der Waals surface area (Å²) in [6.45, 7) is 5.48. The Hall–Kier alpha value is -1.64. The normalized spacial score (nSPS) is 16.0. The van der Waals surface area contributed by atoms with Crippen molar-refractivity contribution in [3.8, 4) is 0 Å². The van der Waals surface area contributed by atoms with E-state index in [9.17, 15) is 5.11 Å². The molecule has 146 valence electrons. The first kappa shape index (κ1) is 21.7. The summed E-state index contributed by atoms with van der Waals surface area (Å²) in [6, 6.07) is 16.6. The number of hydrogen-bond acceptors (Lipinski definition) is 3. The molecule has 1 heterocycles. The first-order valence-corrected chi connectivity index (χ1v) is 9.20. The van der Waals surface area contributed by atoms with Crippen LogP contribution in [0.3, 0.4) is 0 Å². The molecule has 0 unspecified atom stereocenters. The second-order valence-corrected chi connectivity index (χ2v) is 7.02. The lowest BCUT2D eigenvalue weighted by molar-refractivity contribution is 0.0792. The van der Waals surface area contributed by atoms with Crippen LogP contribution in [-0.4, -0.2) is 35.2 Å². The number of nitrogens with one attached hydrogen (secondary N) is 1. The molecule has 0 radical (unpaired) electrons. The van der Waals surface area contributed by atoms with Gasteiger partial charge in [0.1, 0.15) is 0 Å². The summed E-state index contributed by atoms with van der Waals surface area (Å²) in [4.78, 5) is 6.80. The zero-order valence-electron chi connectivity index (χ0n) is 15.8. The molecule has 0 atom stereocenters. The molecule has 1 saturated heterocycles. The van der Waals surface area contributed by atoms with Crippen molar-refractivity contribution < 1.29 is 5.11 Å². The van der Waals surface area contributed by atoms with E-state index < -0.39 is 0 Å². The molecule has 2 aromatic rings. The van der Waals surface area contributed by atoms with Gasteiger partial charge in [0.2, 0.25) is 0 Å². The average molecular weight is 480 g/mol. The number of piperidine rings is 1. The molecule has 27 heavy (non-hydrogen) atoms. The average Bonchev–Trinajstić information content (AvgIpc) is 2.65. The standard InChI is InChI=1S/C21H28N4O.HI/c1-16-2-8-19(9-3-16)24-21(22)23-14-17-4-6-18(7-5-17)15-25-12-10-20(26)11-13-25;/h2-9,20,26H,10-15H2,1H3,(H3,22,23,24);1H. The molecular formula is C21H29IN4O. The molecule has 0 amide bonds. The molecule has 3 rings (SSSR count). The van der Waals surface area contributed by atoms with Gasteiger partial charge in [-0.05, 0) is 43.0 Å². The third kappa shape index (κ3) is 7.12. The third-order valence-electron chi connectivity index (χ3n) is 4.74. The van der Waals surface area contributed by atoms with E-state index in [-0.39, 0.29) is 30.1 Å². The number of hydrogen-bond donors (Lipinski definition) is 3. The van der Waals surface area contributed by atoms with Crippen LogP contribution < -0.4 is 11.1 Å². The molecule has 4 N–H and O–H groups in total. The number of nitrogens with two attached hydrogens (primary N) is 1. The Labute approximate surface area is 178 Å². The van der Waals surface area contributed by atoms with Crippen molar-refractivity contribution in [3.05, 3.63) is 65.2 Å². The second kappa shape index (κ2) is 10.6. The van der Waals surface area contributed by atoms with Gasteiger partial charge >= 0.3 is 0 Å². The lowest BCUT2D eigenvalue weighted by Crippen LogP contribution is -2.35. The van der Waals surface area contributed by atoms with Crippen LogP contribution in [0.5, 0.6) is 0 Å². The molecule has 0 aliphatic carbocycles. The number of benzene rings is 2. The summed E-state index contributed by atoms with van der Waals surface area (Å²) in [5.74, 6) is 0.421. The minimum Gasteiger partial charge on any atom is -0.393 e. The second-order valence-electron chi connectivity index (χ2n) is 7.02. The molecule has 1 fully saturated rings. The summed E-state index contributed by atoms with van der Waals surface area (Å²) < 4.78 is 0. The Morgan fingerprint density at radius 1 is 1.07 bits per heavy atom. The van der Waals surface area contributed by atoms with Crippen LogP contribution in [0.25, 0.3) is 0 Å². The minimum atomic E-state index is -0.120. The molecule has 0 saturated carbocycles. The summed E-state index contributed by atoms with van der Waals surface area (Å²) in [7, 11) is 0. The number of aryl methyl sites for hydroxylation is 1. The van der Waals surface area contributed by atoms with Crippen LogP contribution in [0.4, 0.5) is 5.69 Å². The number of likely N-dealkylation sites (tertiary alicyclic amines) is 1. The Bertz CT molecular complexity index is 723. The number of aliphatic hydroxyl groups excluding tert-OH is 1. The van der Waals surface area contributed by atoms with Gasteiger partial charge in [0.15, 0.2) is 5.96 Å². The predicted octanol–water partition coefficient (Wildman–Crippen LogP) is 3.50. The highest BCUT2D eigenvalue weighted by Gasteiger charge is 2.16. The van der Waals surface area contributed by atoms with E-state index in [0.717, 1.165) is 43.7 Å². The fourth-order valence-electron chi connectivity index (χ4n) is 3.09. The van der Waals surface area contributed by atoms with Crippen molar-refractivity contribution in [2.24, 2.45) is 10.7 Å². The van der Waals surface area contributed by atoms with Crippen LogP contribution in [0, 0.1) is 6.92 Å². The highest BCUT2D eigenvalue weighted by molar-refractivity contribution is 14.0. The summed E-state index contributed by atoms with van der Waals surface area (Å²) >= 11 is 0. The lowest BCUT2D eigenvalue weighted by atomic mass is 10.1. The van der Waals surface area contributed by atoms with Crippen molar-refractivity contribution in [1.82, 2.24) is 4.90 Å². The maximum Gasteiger partial charge on any atom is 0.193 e. The van der Waals surface area contributed by atoms with E-state index >= 15 is 0 Å². The van der Waals surface area contributed by atoms with E-state index in [1.165, 1.54) is 11.1 Å². The van der Waals surface area contributed by atoms with Gasteiger partial charge in [0.05, 0.1) is 12.6 Å². The highest BCUT2D eigenvalue weighted by atomic mass is 127. The SMILES string of the molecule is Cc1ccc(NC(N)=NCc2ccc(CN3CCC(O)CC3)cc2)cc1.I. The first-order valence-electron chi connectivity index (χ1n) is 9.20. The molecule has 0 aromatic heterocycles. The van der Waals surface area contributed by atoms with Crippen molar-refractivity contribution in [1.29, 1.82) is 0 Å². The third-order valence-corrected chi connectivity index (χ3v) is 4.74. The number of nitrogens with zero attached hydrogens (tertiary/aromatic N) is 2. The largest absolute Gasteiger partial charge is 0.393 e. The van der Waals surface area contributed by atoms with Crippen LogP contribution in [0.2, 0.25) is 0 Å². The number of guanidine groups is 1. The highest BCUT2D eigenvalue weighted by Crippen LogP contribution is 2.14. The Morgan fingerprint density at radius 3 is 2.30 bits per heavy atom. The van der Waals surface area contributed by atoms with Gasteiger partial charge in [-0.25, -0.2) is 4.99 Å². The maximum atomic E-state index is 9.58. The molecule has 5 nitrogen and oxygen atoms in total. The van der Waals surface area contributed by atoms with Gasteiger partial charge in [0, 0.05) is 25.3 Å². The zero-order valence-corrected chi connectivity index (χ0v) is 18.1. The van der Waals surface area contributed by atoms with Gasteiger partial charge < -0.3 is 16.2 Å². The van der Waals surface area contributed by atoms with Gasteiger partial charge in [-0.3, -0.25) is 4.90 Å². The summed E-state index contributed by atoms with van der Waals surface area (Å²) in [5.41, 5.74) is 10.6. The molecule has 2 aromatic carbocycles. The smallest absolute Gasteiger partial charge is 0.193 e. The van der Waals surface area contributed by atoms with Gasteiger partial charge in [-0.1, -0.05) is 42.0 Å². The van der Waals surface area contributed by atoms with Crippen molar-refractivity contribution in [2.75, 3.05) is 18.4 Å².